The fourth-order valence-electron chi connectivity index (χ4n) is 1.41. The fourth-order valence-corrected chi connectivity index (χ4v) is 1.93. The van der Waals surface area contributed by atoms with Gasteiger partial charge in [-0.15, -0.1) is 0 Å². The third-order valence-electron chi connectivity index (χ3n) is 2.15. The van der Waals surface area contributed by atoms with Crippen molar-refractivity contribution in [2.24, 2.45) is 0 Å². The van der Waals surface area contributed by atoms with Gasteiger partial charge in [-0.1, -0.05) is 15.9 Å². The number of rotatable bonds is 2. The molecule has 0 radical (unpaired) electrons. The summed E-state index contributed by atoms with van der Waals surface area (Å²) in [7, 11) is 0. The zero-order chi connectivity index (χ0) is 11.7. The highest BCUT2D eigenvalue weighted by Gasteiger charge is 2.24. The van der Waals surface area contributed by atoms with Gasteiger partial charge in [-0.2, -0.15) is 0 Å². The molecule has 16 heavy (non-hydrogen) atoms. The van der Waals surface area contributed by atoms with Gasteiger partial charge in [0.15, 0.2) is 11.5 Å². The van der Waals surface area contributed by atoms with Gasteiger partial charge in [0.1, 0.15) is 13.2 Å². The van der Waals surface area contributed by atoms with E-state index in [9.17, 15) is 9.18 Å². The number of hydrogen-bond donors (Lipinski definition) is 1. The largest absolute Gasteiger partial charge is 0.486 e. The van der Waals surface area contributed by atoms with Crippen LogP contribution in [0.4, 0.5) is 4.39 Å². The molecular formula is C10H8BrFO4. The maximum absolute atomic E-state index is 13.4. The Bertz CT molecular complexity index is 435. The van der Waals surface area contributed by atoms with E-state index in [1.54, 1.807) is 0 Å². The molecule has 0 aromatic heterocycles. The molecule has 0 fully saturated rings. The molecule has 1 aromatic carbocycles. The summed E-state index contributed by atoms with van der Waals surface area (Å²) in [6.45, 7) is 0.800. The number of alkyl halides is 1. The quantitative estimate of drug-likeness (QED) is 0.908. The van der Waals surface area contributed by atoms with Crippen LogP contribution in [-0.2, 0) is 4.79 Å². The highest BCUT2D eigenvalue weighted by molar-refractivity contribution is 9.10. The van der Waals surface area contributed by atoms with E-state index < -0.39 is 12.1 Å². The van der Waals surface area contributed by atoms with Crippen molar-refractivity contribution >= 4 is 21.9 Å². The van der Waals surface area contributed by atoms with E-state index in [-0.39, 0.29) is 5.56 Å². The van der Waals surface area contributed by atoms with Gasteiger partial charge in [-0.05, 0) is 12.1 Å². The second-order valence-corrected chi connectivity index (χ2v) is 4.07. The van der Waals surface area contributed by atoms with Gasteiger partial charge < -0.3 is 14.6 Å². The molecule has 1 N–H and O–H groups in total. The number of hydrogen-bond acceptors (Lipinski definition) is 3. The van der Waals surface area contributed by atoms with Gasteiger partial charge >= 0.3 is 5.97 Å². The summed E-state index contributed by atoms with van der Waals surface area (Å²) in [6.07, 6.45) is -2.08. The summed E-state index contributed by atoms with van der Waals surface area (Å²) in [4.78, 5) is 10.6. The van der Waals surface area contributed by atoms with Crippen molar-refractivity contribution in [3.63, 3.8) is 0 Å². The van der Waals surface area contributed by atoms with Crippen LogP contribution in [0.15, 0.2) is 16.6 Å². The molecule has 1 aromatic rings. The molecule has 1 unspecified atom stereocenters. The number of fused-ring (bicyclic) bond motifs is 1. The number of ether oxygens (including phenoxy) is 2. The van der Waals surface area contributed by atoms with Crippen LogP contribution in [0.2, 0.25) is 0 Å². The minimum atomic E-state index is -2.08. The Kier molecular flexibility index (Phi) is 3.00. The SMILES string of the molecule is O=C(O)C(F)c1cc2c(cc1Br)OCCO2. The summed E-state index contributed by atoms with van der Waals surface area (Å²) in [6, 6.07) is 2.86. The molecular weight excluding hydrogens is 283 g/mol. The van der Waals surface area contributed by atoms with Crippen LogP contribution in [0.25, 0.3) is 0 Å². The molecule has 2 rings (SSSR count). The lowest BCUT2D eigenvalue weighted by Gasteiger charge is -2.20. The first-order chi connectivity index (χ1) is 7.59. The van der Waals surface area contributed by atoms with Crippen molar-refractivity contribution in [1.82, 2.24) is 0 Å². The standard InChI is InChI=1S/C10H8BrFO4/c11-6-4-8-7(15-1-2-16-8)3-5(6)9(12)10(13)14/h3-4,9H,1-2H2,(H,13,14). The lowest BCUT2D eigenvalue weighted by Crippen LogP contribution is -2.16. The summed E-state index contributed by atoms with van der Waals surface area (Å²) in [5.74, 6) is -0.676. The van der Waals surface area contributed by atoms with Crippen LogP contribution in [0.3, 0.4) is 0 Å². The summed E-state index contributed by atoms with van der Waals surface area (Å²) in [5, 5.41) is 8.60. The van der Waals surface area contributed by atoms with E-state index in [2.05, 4.69) is 15.9 Å². The van der Waals surface area contributed by atoms with E-state index in [0.29, 0.717) is 29.2 Å². The van der Waals surface area contributed by atoms with Crippen LogP contribution in [-0.4, -0.2) is 24.3 Å². The summed E-state index contributed by atoms with van der Waals surface area (Å²) in [5.41, 5.74) is 0.0248. The van der Waals surface area contributed by atoms with Gasteiger partial charge in [0, 0.05) is 10.0 Å². The molecule has 86 valence electrons. The predicted molar refractivity (Wildman–Crippen MR) is 56.6 cm³/mol. The molecule has 0 spiro atoms. The molecule has 0 saturated carbocycles. The predicted octanol–water partition coefficient (Wildman–Crippen LogP) is 2.32. The molecule has 6 heteroatoms. The van der Waals surface area contributed by atoms with Crippen molar-refractivity contribution in [2.45, 2.75) is 6.17 Å². The average Bonchev–Trinajstić information content (AvgIpc) is 2.27. The highest BCUT2D eigenvalue weighted by Crippen LogP contribution is 2.38. The van der Waals surface area contributed by atoms with Gasteiger partial charge in [0.25, 0.3) is 0 Å². The van der Waals surface area contributed by atoms with E-state index in [4.69, 9.17) is 14.6 Å². The fraction of sp³-hybridized carbons (Fsp3) is 0.300. The van der Waals surface area contributed by atoms with Crippen molar-refractivity contribution in [2.75, 3.05) is 13.2 Å². The molecule has 0 amide bonds. The molecule has 0 saturated heterocycles. The number of aliphatic carboxylic acids is 1. The van der Waals surface area contributed by atoms with Crippen molar-refractivity contribution in [1.29, 1.82) is 0 Å². The van der Waals surface area contributed by atoms with Crippen LogP contribution in [0.1, 0.15) is 11.7 Å². The zero-order valence-electron chi connectivity index (χ0n) is 8.07. The Labute approximate surface area is 99.1 Å². The van der Waals surface area contributed by atoms with E-state index >= 15 is 0 Å². The van der Waals surface area contributed by atoms with Crippen molar-refractivity contribution in [3.8, 4) is 11.5 Å². The van der Waals surface area contributed by atoms with Gasteiger partial charge in [-0.25, -0.2) is 9.18 Å². The number of benzene rings is 1. The molecule has 1 atom stereocenters. The van der Waals surface area contributed by atoms with Gasteiger partial charge in [0.05, 0.1) is 0 Å². The van der Waals surface area contributed by atoms with Crippen LogP contribution >= 0.6 is 15.9 Å². The molecule has 1 aliphatic heterocycles. The normalized spacial score (nSPS) is 15.6. The Morgan fingerprint density at radius 1 is 1.38 bits per heavy atom. The van der Waals surface area contributed by atoms with Crippen LogP contribution in [0.5, 0.6) is 11.5 Å². The smallest absolute Gasteiger partial charge is 0.343 e. The molecule has 1 heterocycles. The first-order valence-electron chi connectivity index (χ1n) is 4.55. The van der Waals surface area contributed by atoms with Gasteiger partial charge in [0.2, 0.25) is 6.17 Å². The second kappa shape index (κ2) is 4.29. The van der Waals surface area contributed by atoms with Crippen molar-refractivity contribution < 1.29 is 23.8 Å². The summed E-state index contributed by atoms with van der Waals surface area (Å²) >= 11 is 3.11. The molecule has 1 aliphatic rings. The number of halogens is 2. The summed E-state index contributed by atoms with van der Waals surface area (Å²) < 4.78 is 24.2. The van der Waals surface area contributed by atoms with Crippen LogP contribution < -0.4 is 9.47 Å². The first kappa shape index (κ1) is 11.2. The number of carboxylic acids is 1. The lowest BCUT2D eigenvalue weighted by atomic mass is 10.1. The minimum Gasteiger partial charge on any atom is -0.486 e. The third-order valence-corrected chi connectivity index (χ3v) is 2.84. The Morgan fingerprint density at radius 3 is 2.50 bits per heavy atom. The number of carbonyl (C=O) groups is 1. The monoisotopic (exact) mass is 290 g/mol. The Balaban J connectivity index is 2.43. The minimum absolute atomic E-state index is 0.0248. The van der Waals surface area contributed by atoms with E-state index in [0.717, 1.165) is 0 Å². The van der Waals surface area contributed by atoms with E-state index in [1.165, 1.54) is 12.1 Å². The molecule has 0 bridgehead atoms. The lowest BCUT2D eigenvalue weighted by molar-refractivity contribution is -0.143. The maximum Gasteiger partial charge on any atom is 0.343 e. The van der Waals surface area contributed by atoms with E-state index in [1.807, 2.05) is 0 Å². The van der Waals surface area contributed by atoms with Gasteiger partial charge in [-0.3, -0.25) is 0 Å². The Hall–Kier alpha value is -1.30. The average molecular weight is 291 g/mol. The topological polar surface area (TPSA) is 55.8 Å². The highest BCUT2D eigenvalue weighted by atomic mass is 79.9. The van der Waals surface area contributed by atoms with Crippen molar-refractivity contribution in [3.05, 3.63) is 22.2 Å². The Morgan fingerprint density at radius 2 is 1.94 bits per heavy atom. The first-order valence-corrected chi connectivity index (χ1v) is 5.35. The third kappa shape index (κ3) is 1.97. The number of carboxylic acid groups (broad SMARTS) is 1. The second-order valence-electron chi connectivity index (χ2n) is 3.22. The molecule has 0 aliphatic carbocycles. The zero-order valence-corrected chi connectivity index (χ0v) is 9.66. The van der Waals surface area contributed by atoms with Crippen LogP contribution in [0, 0.1) is 0 Å². The molecule has 4 nitrogen and oxygen atoms in total. The maximum atomic E-state index is 13.4.